The Morgan fingerprint density at radius 1 is 1.32 bits per heavy atom. The topological polar surface area (TPSA) is 71.6 Å². The van der Waals surface area contributed by atoms with Crippen LogP contribution in [0.1, 0.15) is 41.7 Å². The first-order valence-electron chi connectivity index (χ1n) is 10.8. The molecular weight excluding hydrogens is 404 g/mol. The number of carbonyl (C=O) groups excluding carboxylic acids is 1. The van der Waals surface area contributed by atoms with Gasteiger partial charge in [0.25, 0.3) is 5.91 Å². The molecule has 1 saturated carbocycles. The van der Waals surface area contributed by atoms with Crippen LogP contribution >= 0.6 is 11.3 Å². The summed E-state index contributed by atoms with van der Waals surface area (Å²) in [5.41, 5.74) is 12.2. The van der Waals surface area contributed by atoms with Gasteiger partial charge in [-0.1, -0.05) is 59.4 Å². The van der Waals surface area contributed by atoms with E-state index in [9.17, 15) is 4.79 Å². The van der Waals surface area contributed by atoms with Crippen LogP contribution in [0.3, 0.4) is 0 Å². The molecule has 2 aromatic rings. The van der Waals surface area contributed by atoms with Gasteiger partial charge in [0.05, 0.1) is 10.6 Å². The Kier molecular flexibility index (Phi) is 5.32. The van der Waals surface area contributed by atoms with Gasteiger partial charge in [0, 0.05) is 31.3 Å². The predicted molar refractivity (Wildman–Crippen MR) is 127 cm³/mol. The van der Waals surface area contributed by atoms with Gasteiger partial charge in [-0.15, -0.1) is 0 Å². The zero-order chi connectivity index (χ0) is 21.4. The minimum atomic E-state index is -0.0198. The van der Waals surface area contributed by atoms with Crippen molar-refractivity contribution in [2.45, 2.75) is 32.6 Å². The fourth-order valence-corrected chi connectivity index (χ4v) is 4.97. The van der Waals surface area contributed by atoms with Crippen LogP contribution in [0.5, 0.6) is 0 Å². The third kappa shape index (κ3) is 4.26. The summed E-state index contributed by atoms with van der Waals surface area (Å²) in [5.74, 6) is 0.581. The van der Waals surface area contributed by atoms with Gasteiger partial charge in [0.2, 0.25) is 0 Å². The van der Waals surface area contributed by atoms with Gasteiger partial charge in [0.1, 0.15) is 5.69 Å². The molecule has 6 heteroatoms. The smallest absolute Gasteiger partial charge is 0.274 e. The molecule has 0 unspecified atom stereocenters. The van der Waals surface area contributed by atoms with Gasteiger partial charge in [-0.25, -0.2) is 4.98 Å². The molecule has 1 aliphatic heterocycles. The number of hydrogen-bond acceptors (Lipinski definition) is 5. The molecule has 1 aromatic carbocycles. The van der Waals surface area contributed by atoms with E-state index in [1.807, 2.05) is 23.2 Å². The molecule has 31 heavy (non-hydrogen) atoms. The lowest BCUT2D eigenvalue weighted by molar-refractivity contribution is 0.0745. The molecular formula is C25H26N4OS. The number of aryl methyl sites for hydroxylation is 1. The van der Waals surface area contributed by atoms with Gasteiger partial charge >= 0.3 is 0 Å². The summed E-state index contributed by atoms with van der Waals surface area (Å²) in [6.07, 6.45) is 12.4. The Bertz CT molecular complexity index is 1150. The van der Waals surface area contributed by atoms with E-state index in [2.05, 4.69) is 47.3 Å². The van der Waals surface area contributed by atoms with E-state index in [4.69, 9.17) is 5.73 Å². The van der Waals surface area contributed by atoms with Gasteiger partial charge in [-0.05, 0) is 43.2 Å². The number of anilines is 1. The summed E-state index contributed by atoms with van der Waals surface area (Å²) in [6, 6.07) is 8.16. The normalized spacial score (nSPS) is 17.1. The second kappa shape index (κ2) is 8.27. The predicted octanol–water partition coefficient (Wildman–Crippen LogP) is 5.17. The van der Waals surface area contributed by atoms with Crippen molar-refractivity contribution >= 4 is 28.1 Å². The molecule has 0 bridgehead atoms. The Morgan fingerprint density at radius 2 is 2.19 bits per heavy atom. The fourth-order valence-electron chi connectivity index (χ4n) is 4.15. The lowest BCUT2D eigenvalue weighted by Crippen LogP contribution is -2.34. The van der Waals surface area contributed by atoms with Crippen LogP contribution in [-0.2, 0) is 0 Å². The number of allylic oxidation sites excluding steroid dienone is 4. The van der Waals surface area contributed by atoms with Crippen molar-refractivity contribution in [2.24, 2.45) is 10.9 Å². The number of amides is 1. The van der Waals surface area contributed by atoms with E-state index >= 15 is 0 Å². The number of aliphatic imine (C=N–C) groups is 1. The van der Waals surface area contributed by atoms with Gasteiger partial charge < -0.3 is 10.6 Å². The largest absolute Gasteiger partial charge is 0.375 e. The second-order valence-corrected chi connectivity index (χ2v) is 9.52. The molecule has 2 N–H and O–H groups in total. The van der Waals surface area contributed by atoms with Crippen molar-refractivity contribution in [3.63, 3.8) is 0 Å². The Hall–Kier alpha value is -2.99. The quantitative estimate of drug-likeness (QED) is 0.659. The number of nitrogens with zero attached hydrogens (tertiary/aromatic N) is 3. The summed E-state index contributed by atoms with van der Waals surface area (Å²) in [6.45, 7) is 3.49. The van der Waals surface area contributed by atoms with Crippen LogP contribution in [0.25, 0.3) is 10.4 Å². The summed E-state index contributed by atoms with van der Waals surface area (Å²) < 4.78 is 0. The summed E-state index contributed by atoms with van der Waals surface area (Å²) in [4.78, 5) is 25.5. The average Bonchev–Trinajstić information content (AvgIpc) is 3.36. The van der Waals surface area contributed by atoms with Crippen LogP contribution in [0.15, 0.2) is 64.8 Å². The van der Waals surface area contributed by atoms with E-state index in [1.54, 1.807) is 0 Å². The minimum absolute atomic E-state index is 0.0198. The minimum Gasteiger partial charge on any atom is -0.375 e. The standard InChI is InChI=1S/C25H26N4OS/c1-16-5-4-6-18(13-16)23-22(28-25(26)31-23)24(30)29(15-17-9-10-17)12-11-19-14-27-21-8-3-2-7-20(19)21/h2-7,13-14,17H,8-12,15H2,1H3,(H2,26,28). The average molecular weight is 431 g/mol. The highest BCUT2D eigenvalue weighted by Gasteiger charge is 2.30. The zero-order valence-corrected chi connectivity index (χ0v) is 18.5. The molecule has 1 fully saturated rings. The fraction of sp³-hybridized carbons (Fsp3) is 0.320. The highest BCUT2D eigenvalue weighted by Crippen LogP contribution is 2.35. The molecule has 0 saturated heterocycles. The summed E-state index contributed by atoms with van der Waals surface area (Å²) in [7, 11) is 0. The van der Waals surface area contributed by atoms with Crippen molar-refractivity contribution in [1.82, 2.24) is 9.88 Å². The number of nitrogen functional groups attached to an aromatic ring is 1. The maximum Gasteiger partial charge on any atom is 0.274 e. The van der Waals surface area contributed by atoms with Crippen molar-refractivity contribution in [1.29, 1.82) is 0 Å². The van der Waals surface area contributed by atoms with E-state index in [-0.39, 0.29) is 5.91 Å². The molecule has 0 spiro atoms. The molecule has 158 valence electrons. The SMILES string of the molecule is Cc1cccc(-c2sc(N)nc2C(=O)N(CCC2=CN=C3CC=CC=C23)CC2CC2)c1. The summed E-state index contributed by atoms with van der Waals surface area (Å²) >= 11 is 1.39. The zero-order valence-electron chi connectivity index (χ0n) is 17.7. The van der Waals surface area contributed by atoms with Crippen molar-refractivity contribution in [3.05, 3.63) is 71.1 Å². The van der Waals surface area contributed by atoms with Crippen LogP contribution in [0.4, 0.5) is 5.13 Å². The van der Waals surface area contributed by atoms with Crippen molar-refractivity contribution in [2.75, 3.05) is 18.8 Å². The maximum absolute atomic E-state index is 13.6. The molecule has 1 amide bonds. The Morgan fingerprint density at radius 3 is 3.00 bits per heavy atom. The number of carbonyl (C=O) groups is 1. The van der Waals surface area contributed by atoms with Gasteiger partial charge in [-0.3, -0.25) is 9.79 Å². The molecule has 5 nitrogen and oxygen atoms in total. The van der Waals surface area contributed by atoms with Crippen LogP contribution < -0.4 is 5.73 Å². The van der Waals surface area contributed by atoms with Gasteiger partial charge in [-0.2, -0.15) is 0 Å². The third-order valence-electron chi connectivity index (χ3n) is 5.98. The van der Waals surface area contributed by atoms with Crippen LogP contribution in [0.2, 0.25) is 0 Å². The van der Waals surface area contributed by atoms with E-state index in [0.717, 1.165) is 41.1 Å². The second-order valence-electron chi connectivity index (χ2n) is 8.49. The number of fused-ring (bicyclic) bond motifs is 1. The monoisotopic (exact) mass is 430 g/mol. The molecule has 0 atom stereocenters. The summed E-state index contributed by atoms with van der Waals surface area (Å²) in [5, 5.41) is 0.432. The van der Waals surface area contributed by atoms with Crippen molar-refractivity contribution in [3.8, 4) is 10.4 Å². The number of benzene rings is 1. The maximum atomic E-state index is 13.6. The molecule has 0 radical (unpaired) electrons. The van der Waals surface area contributed by atoms with E-state index < -0.39 is 0 Å². The van der Waals surface area contributed by atoms with E-state index in [1.165, 1.54) is 35.3 Å². The first kappa shape index (κ1) is 19.9. The molecule has 5 rings (SSSR count). The molecule has 1 aromatic heterocycles. The Balaban J connectivity index is 1.38. The lowest BCUT2D eigenvalue weighted by atomic mass is 9.96. The molecule has 2 aliphatic carbocycles. The lowest BCUT2D eigenvalue weighted by Gasteiger charge is -2.23. The first-order chi connectivity index (χ1) is 15.1. The van der Waals surface area contributed by atoms with Crippen LogP contribution in [0, 0.1) is 12.8 Å². The number of hydrogen-bond donors (Lipinski definition) is 1. The van der Waals surface area contributed by atoms with E-state index in [0.29, 0.717) is 23.3 Å². The number of nitrogens with two attached hydrogens (primary N) is 1. The van der Waals surface area contributed by atoms with Crippen molar-refractivity contribution < 1.29 is 4.79 Å². The number of aromatic nitrogens is 1. The highest BCUT2D eigenvalue weighted by atomic mass is 32.1. The first-order valence-corrected chi connectivity index (χ1v) is 11.7. The highest BCUT2D eigenvalue weighted by molar-refractivity contribution is 7.19. The molecule has 2 heterocycles. The van der Waals surface area contributed by atoms with Crippen LogP contribution in [-0.4, -0.2) is 34.6 Å². The third-order valence-corrected chi connectivity index (χ3v) is 6.92. The molecule has 3 aliphatic rings. The Labute approximate surface area is 186 Å². The number of rotatable bonds is 7. The number of thiazole rings is 1. The van der Waals surface area contributed by atoms with Gasteiger partial charge in [0.15, 0.2) is 5.13 Å².